The van der Waals surface area contributed by atoms with E-state index >= 15 is 0 Å². The molecule has 0 aliphatic carbocycles. The number of piperidine rings is 1. The van der Waals surface area contributed by atoms with E-state index < -0.39 is 10.0 Å². The van der Waals surface area contributed by atoms with Crippen LogP contribution in [0.3, 0.4) is 0 Å². The van der Waals surface area contributed by atoms with Gasteiger partial charge in [-0.1, -0.05) is 18.2 Å². The van der Waals surface area contributed by atoms with Crippen LogP contribution in [0.2, 0.25) is 0 Å². The normalized spacial score (nSPS) is 23.5. The molecule has 120 valence electrons. The van der Waals surface area contributed by atoms with E-state index in [-0.39, 0.29) is 17.9 Å². The fourth-order valence-corrected chi connectivity index (χ4v) is 4.41. The maximum absolute atomic E-state index is 12.9. The summed E-state index contributed by atoms with van der Waals surface area (Å²) >= 11 is 0. The Hall–Kier alpha value is -1.40. The summed E-state index contributed by atoms with van der Waals surface area (Å²) in [6.45, 7) is 2.96. The number of carbonyl (C=O) groups is 1. The van der Waals surface area contributed by atoms with Gasteiger partial charge in [0.05, 0.1) is 6.26 Å². The maximum atomic E-state index is 12.9. The zero-order valence-electron chi connectivity index (χ0n) is 13.0. The highest BCUT2D eigenvalue weighted by molar-refractivity contribution is 7.88. The smallest absolute Gasteiger partial charge is 0.230 e. The number of rotatable bonds is 2. The van der Waals surface area contributed by atoms with Crippen LogP contribution in [0, 0.1) is 5.92 Å². The second-order valence-electron chi connectivity index (χ2n) is 6.33. The Morgan fingerprint density at radius 3 is 2.45 bits per heavy atom. The molecule has 1 aromatic carbocycles. The Kier molecular flexibility index (Phi) is 3.99. The van der Waals surface area contributed by atoms with Crippen molar-refractivity contribution in [2.24, 2.45) is 5.92 Å². The molecule has 0 radical (unpaired) electrons. The fraction of sp³-hybridized carbons (Fsp3) is 0.562. The highest BCUT2D eigenvalue weighted by Gasteiger charge is 2.36. The van der Waals surface area contributed by atoms with E-state index in [1.165, 1.54) is 16.1 Å². The molecule has 22 heavy (non-hydrogen) atoms. The minimum absolute atomic E-state index is 0.0772. The third kappa shape index (κ3) is 2.77. The van der Waals surface area contributed by atoms with Crippen LogP contribution in [0.5, 0.6) is 0 Å². The minimum atomic E-state index is -3.15. The van der Waals surface area contributed by atoms with E-state index in [2.05, 4.69) is 13.0 Å². The van der Waals surface area contributed by atoms with Crippen molar-refractivity contribution >= 4 is 21.6 Å². The Labute approximate surface area is 132 Å². The molecular weight excluding hydrogens is 300 g/mol. The van der Waals surface area contributed by atoms with Gasteiger partial charge in [0.1, 0.15) is 0 Å². The first kappa shape index (κ1) is 15.5. The van der Waals surface area contributed by atoms with Crippen molar-refractivity contribution in [1.29, 1.82) is 0 Å². The summed E-state index contributed by atoms with van der Waals surface area (Å²) in [6.07, 6.45) is 3.34. The van der Waals surface area contributed by atoms with Gasteiger partial charge in [0.2, 0.25) is 15.9 Å². The molecule has 6 heteroatoms. The average molecular weight is 322 g/mol. The predicted molar refractivity (Wildman–Crippen MR) is 86.2 cm³/mol. The predicted octanol–water partition coefficient (Wildman–Crippen LogP) is 1.64. The van der Waals surface area contributed by atoms with Gasteiger partial charge < -0.3 is 4.90 Å². The number of fused-ring (bicyclic) bond motifs is 1. The lowest BCUT2D eigenvalue weighted by Crippen LogP contribution is -2.45. The molecule has 0 bridgehead atoms. The van der Waals surface area contributed by atoms with Crippen LogP contribution >= 0.6 is 0 Å². The van der Waals surface area contributed by atoms with Gasteiger partial charge in [-0.15, -0.1) is 0 Å². The van der Waals surface area contributed by atoms with Crippen molar-refractivity contribution in [2.75, 3.05) is 24.2 Å². The van der Waals surface area contributed by atoms with Crippen molar-refractivity contribution in [3.05, 3.63) is 29.8 Å². The van der Waals surface area contributed by atoms with Crippen LogP contribution in [0.4, 0.5) is 5.69 Å². The van der Waals surface area contributed by atoms with Crippen molar-refractivity contribution in [2.45, 2.75) is 32.2 Å². The second-order valence-corrected chi connectivity index (χ2v) is 8.31. The van der Waals surface area contributed by atoms with Gasteiger partial charge in [-0.25, -0.2) is 12.7 Å². The molecule has 3 rings (SSSR count). The van der Waals surface area contributed by atoms with Crippen molar-refractivity contribution < 1.29 is 13.2 Å². The van der Waals surface area contributed by atoms with Crippen LogP contribution in [0.25, 0.3) is 0 Å². The highest BCUT2D eigenvalue weighted by Crippen LogP contribution is 2.34. The molecule has 0 unspecified atom stereocenters. The lowest BCUT2D eigenvalue weighted by Gasteiger charge is -2.33. The molecule has 0 saturated carbocycles. The maximum Gasteiger partial charge on any atom is 0.230 e. The Morgan fingerprint density at radius 1 is 1.18 bits per heavy atom. The molecule has 2 aliphatic rings. The van der Waals surface area contributed by atoms with Gasteiger partial charge in [-0.3, -0.25) is 4.79 Å². The van der Waals surface area contributed by atoms with E-state index in [0.717, 1.165) is 12.1 Å². The molecule has 2 heterocycles. The van der Waals surface area contributed by atoms with E-state index in [1.807, 2.05) is 23.1 Å². The zero-order valence-corrected chi connectivity index (χ0v) is 13.8. The quantitative estimate of drug-likeness (QED) is 0.832. The first-order valence-corrected chi connectivity index (χ1v) is 9.59. The van der Waals surface area contributed by atoms with Gasteiger partial charge in [0, 0.05) is 30.7 Å². The molecule has 2 aliphatic heterocycles. The van der Waals surface area contributed by atoms with E-state index in [1.54, 1.807) is 0 Å². The number of nitrogens with zero attached hydrogens (tertiary/aromatic N) is 2. The number of anilines is 1. The van der Waals surface area contributed by atoms with Crippen LogP contribution in [-0.4, -0.2) is 44.0 Å². The SMILES string of the molecule is C[C@@H]1Cc2ccccc2N1C(=O)C1CCN(S(C)(=O)=O)CC1. The Balaban J connectivity index is 1.73. The van der Waals surface area contributed by atoms with Crippen molar-refractivity contribution in [1.82, 2.24) is 4.31 Å². The van der Waals surface area contributed by atoms with Gasteiger partial charge in [0.15, 0.2) is 0 Å². The molecule has 1 atom stereocenters. The van der Waals surface area contributed by atoms with Gasteiger partial charge in [-0.05, 0) is 37.8 Å². The van der Waals surface area contributed by atoms with E-state index in [9.17, 15) is 13.2 Å². The molecule has 0 aromatic heterocycles. The third-order valence-electron chi connectivity index (χ3n) is 4.72. The topological polar surface area (TPSA) is 57.7 Å². The first-order valence-electron chi connectivity index (χ1n) is 7.74. The number of benzene rings is 1. The van der Waals surface area contributed by atoms with Gasteiger partial charge in [-0.2, -0.15) is 0 Å². The molecule has 0 spiro atoms. The number of para-hydroxylation sites is 1. The molecule has 5 nitrogen and oxygen atoms in total. The lowest BCUT2D eigenvalue weighted by atomic mass is 9.96. The number of amides is 1. The summed E-state index contributed by atoms with van der Waals surface area (Å²) in [6, 6.07) is 8.22. The van der Waals surface area contributed by atoms with Crippen LogP contribution in [-0.2, 0) is 21.2 Å². The summed E-state index contributed by atoms with van der Waals surface area (Å²) < 4.78 is 24.6. The number of carbonyl (C=O) groups excluding carboxylic acids is 1. The van der Waals surface area contributed by atoms with Gasteiger partial charge in [0.25, 0.3) is 0 Å². The summed E-state index contributed by atoms with van der Waals surface area (Å²) in [4.78, 5) is 14.8. The monoisotopic (exact) mass is 322 g/mol. The van der Waals surface area contributed by atoms with Crippen molar-refractivity contribution in [3.63, 3.8) is 0 Å². The summed E-state index contributed by atoms with van der Waals surface area (Å²) in [5.41, 5.74) is 2.24. The molecule has 1 saturated heterocycles. The Bertz CT molecular complexity index is 678. The highest BCUT2D eigenvalue weighted by atomic mass is 32.2. The summed E-state index contributed by atoms with van der Waals surface area (Å²) in [5.74, 6) is 0.0669. The average Bonchev–Trinajstić information content (AvgIpc) is 2.81. The largest absolute Gasteiger partial charge is 0.309 e. The van der Waals surface area contributed by atoms with Crippen LogP contribution < -0.4 is 4.90 Å². The Morgan fingerprint density at radius 2 is 1.82 bits per heavy atom. The number of hydrogen-bond acceptors (Lipinski definition) is 3. The summed E-state index contributed by atoms with van der Waals surface area (Å²) in [5, 5.41) is 0. The molecule has 1 fully saturated rings. The van der Waals surface area contributed by atoms with E-state index in [0.29, 0.717) is 25.9 Å². The van der Waals surface area contributed by atoms with Crippen LogP contribution in [0.1, 0.15) is 25.3 Å². The second kappa shape index (κ2) is 5.66. The molecule has 1 aromatic rings. The first-order chi connectivity index (χ1) is 10.4. The molecule has 1 amide bonds. The van der Waals surface area contributed by atoms with E-state index in [4.69, 9.17) is 0 Å². The van der Waals surface area contributed by atoms with Crippen molar-refractivity contribution in [3.8, 4) is 0 Å². The number of sulfonamides is 1. The zero-order chi connectivity index (χ0) is 15.9. The number of hydrogen-bond donors (Lipinski definition) is 0. The molecule has 0 N–H and O–H groups in total. The molecular formula is C16H22N2O3S. The third-order valence-corrected chi connectivity index (χ3v) is 6.02. The lowest BCUT2D eigenvalue weighted by molar-refractivity contribution is -0.123. The fourth-order valence-electron chi connectivity index (χ4n) is 3.53. The van der Waals surface area contributed by atoms with Crippen LogP contribution in [0.15, 0.2) is 24.3 Å². The standard InChI is InChI=1S/C16H22N2O3S/c1-12-11-14-5-3-4-6-15(14)18(12)16(19)13-7-9-17(10-8-13)22(2,20)21/h3-6,12-13H,7-11H2,1-2H3/t12-/m1/s1. The van der Waals surface area contributed by atoms with Gasteiger partial charge >= 0.3 is 0 Å². The minimum Gasteiger partial charge on any atom is -0.309 e. The summed E-state index contributed by atoms with van der Waals surface area (Å²) in [7, 11) is -3.15.